The monoisotopic (exact) mass is 232 g/mol. The van der Waals surface area contributed by atoms with Gasteiger partial charge in [-0.2, -0.15) is 0 Å². The van der Waals surface area contributed by atoms with Gasteiger partial charge in [0.15, 0.2) is 0 Å². The number of hydrogen-bond acceptors (Lipinski definition) is 2. The summed E-state index contributed by atoms with van der Waals surface area (Å²) in [5.41, 5.74) is 2.10. The summed E-state index contributed by atoms with van der Waals surface area (Å²) in [5.74, 6) is 0.842. The van der Waals surface area contributed by atoms with Gasteiger partial charge in [0.25, 0.3) is 0 Å². The fourth-order valence-corrected chi connectivity index (χ4v) is 2.06. The van der Waals surface area contributed by atoms with Gasteiger partial charge >= 0.3 is 0 Å². The van der Waals surface area contributed by atoms with E-state index in [9.17, 15) is 4.79 Å². The van der Waals surface area contributed by atoms with Crippen LogP contribution < -0.4 is 10.2 Å². The number of benzene rings is 1. The SMILES string of the molecule is CC(C)CCN1C(=O)CCNc2ccccc21. The molecule has 0 saturated carbocycles. The van der Waals surface area contributed by atoms with Crippen LogP contribution in [0, 0.1) is 5.92 Å². The maximum Gasteiger partial charge on any atom is 0.228 e. The highest BCUT2D eigenvalue weighted by molar-refractivity contribution is 5.98. The van der Waals surface area contributed by atoms with E-state index in [1.807, 2.05) is 29.2 Å². The van der Waals surface area contributed by atoms with Crippen molar-refractivity contribution in [3.8, 4) is 0 Å². The van der Waals surface area contributed by atoms with Crippen molar-refractivity contribution in [1.29, 1.82) is 0 Å². The minimum absolute atomic E-state index is 0.225. The molecule has 0 fully saturated rings. The zero-order valence-electron chi connectivity index (χ0n) is 10.6. The van der Waals surface area contributed by atoms with Crippen LogP contribution in [0.3, 0.4) is 0 Å². The summed E-state index contributed by atoms with van der Waals surface area (Å²) in [4.78, 5) is 14.0. The van der Waals surface area contributed by atoms with Crippen molar-refractivity contribution in [2.24, 2.45) is 5.92 Å². The lowest BCUT2D eigenvalue weighted by atomic mass is 10.1. The molecule has 0 atom stereocenters. The van der Waals surface area contributed by atoms with E-state index in [1.165, 1.54) is 0 Å². The van der Waals surface area contributed by atoms with Gasteiger partial charge in [-0.05, 0) is 24.5 Å². The van der Waals surface area contributed by atoms with E-state index in [2.05, 4.69) is 19.2 Å². The largest absolute Gasteiger partial charge is 0.383 e. The number of anilines is 2. The van der Waals surface area contributed by atoms with Crippen LogP contribution in [0.5, 0.6) is 0 Å². The summed E-state index contributed by atoms with van der Waals surface area (Å²) in [6, 6.07) is 8.05. The highest BCUT2D eigenvalue weighted by atomic mass is 16.2. The highest BCUT2D eigenvalue weighted by Crippen LogP contribution is 2.28. The molecule has 1 aromatic rings. The quantitative estimate of drug-likeness (QED) is 0.869. The first-order valence-corrected chi connectivity index (χ1v) is 6.31. The number of nitrogens with one attached hydrogen (secondary N) is 1. The van der Waals surface area contributed by atoms with Gasteiger partial charge in [-0.3, -0.25) is 4.79 Å². The third-order valence-electron chi connectivity index (χ3n) is 3.08. The number of carbonyl (C=O) groups is 1. The Kier molecular flexibility index (Phi) is 3.67. The molecule has 1 N–H and O–H groups in total. The molecule has 0 spiro atoms. The van der Waals surface area contributed by atoms with Crippen molar-refractivity contribution in [3.63, 3.8) is 0 Å². The minimum Gasteiger partial charge on any atom is -0.383 e. The van der Waals surface area contributed by atoms with Crippen LogP contribution in [0.25, 0.3) is 0 Å². The molecule has 1 aliphatic rings. The molecule has 17 heavy (non-hydrogen) atoms. The molecule has 0 unspecified atom stereocenters. The van der Waals surface area contributed by atoms with Crippen LogP contribution in [0.1, 0.15) is 26.7 Å². The maximum atomic E-state index is 12.1. The fourth-order valence-electron chi connectivity index (χ4n) is 2.06. The Hall–Kier alpha value is -1.51. The molecular formula is C14H20N2O. The number of rotatable bonds is 3. The molecule has 0 bridgehead atoms. The van der Waals surface area contributed by atoms with Gasteiger partial charge < -0.3 is 10.2 Å². The van der Waals surface area contributed by atoms with Crippen LogP contribution in [0.15, 0.2) is 24.3 Å². The van der Waals surface area contributed by atoms with Crippen LogP contribution >= 0.6 is 0 Å². The molecule has 2 rings (SSSR count). The number of hydrogen-bond donors (Lipinski definition) is 1. The zero-order valence-corrected chi connectivity index (χ0v) is 10.6. The van der Waals surface area contributed by atoms with Crippen molar-refractivity contribution in [3.05, 3.63) is 24.3 Å². The molecule has 3 heteroatoms. The van der Waals surface area contributed by atoms with Crippen LogP contribution in [0.4, 0.5) is 11.4 Å². The van der Waals surface area contributed by atoms with Crippen LogP contribution in [-0.4, -0.2) is 19.0 Å². The van der Waals surface area contributed by atoms with E-state index in [1.54, 1.807) is 0 Å². The van der Waals surface area contributed by atoms with E-state index in [0.29, 0.717) is 12.3 Å². The van der Waals surface area contributed by atoms with Gasteiger partial charge in [-0.1, -0.05) is 26.0 Å². The second-order valence-corrected chi connectivity index (χ2v) is 4.92. The van der Waals surface area contributed by atoms with E-state index >= 15 is 0 Å². The Morgan fingerprint density at radius 3 is 2.88 bits per heavy atom. The van der Waals surface area contributed by atoms with Gasteiger partial charge in [-0.25, -0.2) is 0 Å². The first-order valence-electron chi connectivity index (χ1n) is 6.31. The van der Waals surface area contributed by atoms with Crippen LogP contribution in [0.2, 0.25) is 0 Å². The normalized spacial score (nSPS) is 15.5. The molecular weight excluding hydrogens is 212 g/mol. The highest BCUT2D eigenvalue weighted by Gasteiger charge is 2.21. The summed E-state index contributed by atoms with van der Waals surface area (Å²) in [5, 5.41) is 3.31. The summed E-state index contributed by atoms with van der Waals surface area (Å²) in [7, 11) is 0. The van der Waals surface area contributed by atoms with Gasteiger partial charge in [-0.15, -0.1) is 0 Å². The summed E-state index contributed by atoms with van der Waals surface area (Å²) < 4.78 is 0. The molecule has 0 saturated heterocycles. The second kappa shape index (κ2) is 5.21. The number of amides is 1. The predicted octanol–water partition coefficient (Wildman–Crippen LogP) is 2.88. The summed E-state index contributed by atoms with van der Waals surface area (Å²) >= 11 is 0. The Labute approximate surface area is 103 Å². The van der Waals surface area contributed by atoms with Gasteiger partial charge in [0, 0.05) is 19.5 Å². The van der Waals surface area contributed by atoms with Gasteiger partial charge in [0.05, 0.1) is 11.4 Å². The molecule has 1 aromatic carbocycles. The van der Waals surface area contributed by atoms with Crippen molar-refractivity contribution < 1.29 is 4.79 Å². The number of carbonyl (C=O) groups excluding carboxylic acids is 1. The van der Waals surface area contributed by atoms with E-state index in [-0.39, 0.29) is 5.91 Å². The smallest absolute Gasteiger partial charge is 0.228 e. The lowest BCUT2D eigenvalue weighted by Gasteiger charge is -2.23. The Bertz CT molecular complexity index is 401. The number of nitrogens with zero attached hydrogens (tertiary/aromatic N) is 1. The fraction of sp³-hybridized carbons (Fsp3) is 0.500. The Morgan fingerprint density at radius 1 is 1.35 bits per heavy atom. The van der Waals surface area contributed by atoms with E-state index < -0.39 is 0 Å². The lowest BCUT2D eigenvalue weighted by molar-refractivity contribution is -0.118. The Morgan fingerprint density at radius 2 is 2.12 bits per heavy atom. The minimum atomic E-state index is 0.225. The molecule has 3 nitrogen and oxygen atoms in total. The van der Waals surface area contributed by atoms with E-state index in [0.717, 1.165) is 30.9 Å². The molecule has 1 amide bonds. The standard InChI is InChI=1S/C14H20N2O/c1-11(2)8-10-16-13-6-4-3-5-12(13)15-9-7-14(16)17/h3-6,11,15H,7-10H2,1-2H3. The molecule has 0 aliphatic carbocycles. The first-order chi connectivity index (χ1) is 8.18. The number of fused-ring (bicyclic) bond motifs is 1. The molecule has 92 valence electrons. The van der Waals surface area contributed by atoms with Crippen molar-refractivity contribution in [2.45, 2.75) is 26.7 Å². The summed E-state index contributed by atoms with van der Waals surface area (Å²) in [6.07, 6.45) is 1.62. The Balaban J connectivity index is 2.24. The van der Waals surface area contributed by atoms with Gasteiger partial charge in [0.2, 0.25) is 5.91 Å². The third-order valence-corrected chi connectivity index (χ3v) is 3.08. The van der Waals surface area contributed by atoms with Crippen LogP contribution in [-0.2, 0) is 4.79 Å². The van der Waals surface area contributed by atoms with Crippen molar-refractivity contribution in [1.82, 2.24) is 0 Å². The zero-order chi connectivity index (χ0) is 12.3. The average Bonchev–Trinajstić information content (AvgIpc) is 2.45. The molecule has 1 heterocycles. The summed E-state index contributed by atoms with van der Waals surface area (Å²) in [6.45, 7) is 5.92. The second-order valence-electron chi connectivity index (χ2n) is 4.92. The van der Waals surface area contributed by atoms with Crippen molar-refractivity contribution >= 4 is 17.3 Å². The van der Waals surface area contributed by atoms with Gasteiger partial charge in [0.1, 0.15) is 0 Å². The molecule has 1 aliphatic heterocycles. The third kappa shape index (κ3) is 2.78. The van der Waals surface area contributed by atoms with Crippen molar-refractivity contribution in [2.75, 3.05) is 23.3 Å². The predicted molar refractivity (Wildman–Crippen MR) is 71.4 cm³/mol. The topological polar surface area (TPSA) is 32.3 Å². The number of para-hydroxylation sites is 2. The average molecular weight is 232 g/mol. The first kappa shape index (κ1) is 12.0. The molecule has 0 aromatic heterocycles. The van der Waals surface area contributed by atoms with E-state index in [4.69, 9.17) is 0 Å². The molecule has 0 radical (unpaired) electrons. The maximum absolute atomic E-state index is 12.1. The lowest BCUT2D eigenvalue weighted by Crippen LogP contribution is -2.31.